The highest BCUT2D eigenvalue weighted by molar-refractivity contribution is 7.85. The molecule has 4 unspecified atom stereocenters. The van der Waals surface area contributed by atoms with Crippen molar-refractivity contribution in [2.45, 2.75) is 22.0 Å². The van der Waals surface area contributed by atoms with Crippen molar-refractivity contribution in [1.82, 2.24) is 0 Å². The highest BCUT2D eigenvalue weighted by Crippen LogP contribution is 2.22. The molecule has 24 heavy (non-hydrogen) atoms. The van der Waals surface area contributed by atoms with E-state index in [9.17, 15) is 12.6 Å². The van der Waals surface area contributed by atoms with Gasteiger partial charge in [0.1, 0.15) is 12.2 Å². The second kappa shape index (κ2) is 8.26. The quantitative estimate of drug-likeness (QED) is 0.762. The van der Waals surface area contributed by atoms with Crippen LogP contribution in [-0.2, 0) is 41.3 Å². The van der Waals surface area contributed by atoms with Gasteiger partial charge in [-0.3, -0.25) is 16.8 Å². The van der Waals surface area contributed by atoms with Crippen LogP contribution in [0.15, 0.2) is 70.5 Å². The van der Waals surface area contributed by atoms with Crippen LogP contribution in [0.3, 0.4) is 0 Å². The highest BCUT2D eigenvalue weighted by Gasteiger charge is 2.37. The van der Waals surface area contributed by atoms with E-state index < -0.39 is 45.2 Å². The van der Waals surface area contributed by atoms with Crippen molar-refractivity contribution >= 4 is 33.0 Å². The fraction of sp³-hybridized carbons (Fsp3) is 0.250. The molecule has 1 aliphatic rings. The molecule has 2 aromatic rings. The van der Waals surface area contributed by atoms with E-state index in [1.54, 1.807) is 48.5 Å². The Kier molecular flexibility index (Phi) is 6.07. The normalized spacial score (nSPS) is 26.1. The van der Waals surface area contributed by atoms with Gasteiger partial charge in [-0.2, -0.15) is 4.21 Å². The van der Waals surface area contributed by atoms with Gasteiger partial charge < -0.3 is 0 Å². The molecule has 0 bridgehead atoms. The van der Waals surface area contributed by atoms with Crippen molar-refractivity contribution in [3.63, 3.8) is 0 Å². The highest BCUT2D eigenvalue weighted by atomic mass is 32.2. The summed E-state index contributed by atoms with van der Waals surface area (Å²) in [5.41, 5.74) is 0. The van der Waals surface area contributed by atoms with Crippen molar-refractivity contribution in [3.05, 3.63) is 60.7 Å². The summed E-state index contributed by atoms with van der Waals surface area (Å²) in [6.45, 7) is 0. The van der Waals surface area contributed by atoms with Gasteiger partial charge >= 0.3 is 11.4 Å². The Morgan fingerprint density at radius 1 is 0.750 bits per heavy atom. The lowest BCUT2D eigenvalue weighted by Gasteiger charge is -2.14. The fourth-order valence-electron chi connectivity index (χ4n) is 2.25. The van der Waals surface area contributed by atoms with E-state index in [1.165, 1.54) is 0 Å². The summed E-state index contributed by atoms with van der Waals surface area (Å²) in [6, 6.07) is 18.0. The van der Waals surface area contributed by atoms with Gasteiger partial charge in [0.15, 0.2) is 0 Å². The van der Waals surface area contributed by atoms with Gasteiger partial charge in [0, 0.05) is 9.79 Å². The number of hydrogen-bond donors (Lipinski definition) is 0. The first-order valence-corrected chi connectivity index (χ1v) is 10.9. The summed E-state index contributed by atoms with van der Waals surface area (Å²) >= 11 is -1.90. The molecule has 1 heterocycles. The molecular weight excluding hydrogens is 368 g/mol. The number of benzene rings is 2. The molecule has 0 radical (unpaired) electrons. The van der Waals surface area contributed by atoms with Crippen LogP contribution in [0.4, 0.5) is 0 Å². The topological polar surface area (TPSA) is 69.7 Å². The summed E-state index contributed by atoms with van der Waals surface area (Å²) in [6.07, 6.45) is -1.25. The summed E-state index contributed by atoms with van der Waals surface area (Å²) < 4.78 is 46.8. The SMILES string of the molecule is O=S1OC(CS(=O)c2ccccc2)C(CS(=O)c2ccccc2)O1. The van der Waals surface area contributed by atoms with Crippen LogP contribution in [0.25, 0.3) is 0 Å². The molecule has 0 amide bonds. The lowest BCUT2D eigenvalue weighted by molar-refractivity contribution is 0.193. The molecule has 128 valence electrons. The fourth-order valence-corrected chi connectivity index (χ4v) is 5.73. The third-order valence-corrected chi connectivity index (χ3v) is 7.13. The van der Waals surface area contributed by atoms with Gasteiger partial charge in [0.2, 0.25) is 0 Å². The minimum atomic E-state index is -1.90. The number of hydrogen-bond acceptors (Lipinski definition) is 5. The Hall–Kier alpha value is -1.19. The zero-order valence-corrected chi connectivity index (χ0v) is 15.1. The average molecular weight is 385 g/mol. The minimum absolute atomic E-state index is 0.145. The molecular formula is C16H16O5S3. The monoisotopic (exact) mass is 384 g/mol. The Bertz CT molecular complexity index is 687. The maximum Gasteiger partial charge on any atom is 0.305 e. The summed E-state index contributed by atoms with van der Waals surface area (Å²) in [7, 11) is -2.61. The summed E-state index contributed by atoms with van der Waals surface area (Å²) in [5, 5.41) is 0. The predicted octanol–water partition coefficient (Wildman–Crippen LogP) is 1.96. The van der Waals surface area contributed by atoms with Crippen molar-refractivity contribution < 1.29 is 21.0 Å². The Labute approximate surface area is 148 Å². The smallest absolute Gasteiger partial charge is 0.261 e. The second-order valence-corrected chi connectivity index (χ2v) is 8.91. The van der Waals surface area contributed by atoms with Crippen molar-refractivity contribution in [3.8, 4) is 0 Å². The summed E-state index contributed by atoms with van der Waals surface area (Å²) in [4.78, 5) is 1.34. The molecule has 0 aromatic heterocycles. The van der Waals surface area contributed by atoms with Crippen molar-refractivity contribution in [2.24, 2.45) is 0 Å². The Balaban J connectivity index is 1.67. The van der Waals surface area contributed by atoms with E-state index in [0.29, 0.717) is 9.79 Å². The first-order valence-electron chi connectivity index (χ1n) is 7.26. The first-order chi connectivity index (χ1) is 11.6. The van der Waals surface area contributed by atoms with Gasteiger partial charge in [0.05, 0.1) is 33.1 Å². The third-order valence-electron chi connectivity index (χ3n) is 3.46. The van der Waals surface area contributed by atoms with E-state index in [1.807, 2.05) is 12.1 Å². The molecule has 0 N–H and O–H groups in total. The molecule has 4 atom stereocenters. The molecule has 0 aliphatic carbocycles. The molecule has 0 spiro atoms. The lowest BCUT2D eigenvalue weighted by Crippen LogP contribution is -2.32. The number of rotatable bonds is 6. The van der Waals surface area contributed by atoms with Crippen LogP contribution in [0.2, 0.25) is 0 Å². The molecule has 8 heteroatoms. The van der Waals surface area contributed by atoms with Gasteiger partial charge in [-0.25, -0.2) is 0 Å². The van der Waals surface area contributed by atoms with Gasteiger partial charge in [-0.1, -0.05) is 36.4 Å². The van der Waals surface area contributed by atoms with Crippen LogP contribution < -0.4 is 0 Å². The second-order valence-electron chi connectivity index (χ2n) is 5.12. The van der Waals surface area contributed by atoms with Crippen LogP contribution in [0.1, 0.15) is 0 Å². The Morgan fingerprint density at radius 2 is 1.12 bits per heavy atom. The molecule has 1 fully saturated rings. The van der Waals surface area contributed by atoms with Crippen LogP contribution in [0.5, 0.6) is 0 Å². The van der Waals surface area contributed by atoms with Crippen molar-refractivity contribution in [1.29, 1.82) is 0 Å². The van der Waals surface area contributed by atoms with Gasteiger partial charge in [0.25, 0.3) is 0 Å². The van der Waals surface area contributed by atoms with E-state index >= 15 is 0 Å². The van der Waals surface area contributed by atoms with Crippen LogP contribution in [0, 0.1) is 0 Å². The first kappa shape index (κ1) is 17.6. The van der Waals surface area contributed by atoms with Crippen LogP contribution in [-0.4, -0.2) is 36.3 Å². The van der Waals surface area contributed by atoms with Crippen molar-refractivity contribution in [2.75, 3.05) is 11.5 Å². The zero-order valence-electron chi connectivity index (χ0n) is 12.6. The minimum Gasteiger partial charge on any atom is -0.261 e. The largest absolute Gasteiger partial charge is 0.305 e. The Morgan fingerprint density at radius 3 is 1.50 bits per heavy atom. The molecule has 1 saturated heterocycles. The molecule has 3 rings (SSSR count). The zero-order chi connectivity index (χ0) is 16.9. The molecule has 1 aliphatic heterocycles. The molecule has 0 saturated carbocycles. The molecule has 2 aromatic carbocycles. The predicted molar refractivity (Wildman–Crippen MR) is 93.3 cm³/mol. The summed E-state index contributed by atoms with van der Waals surface area (Å²) in [5.74, 6) is 0.290. The maximum atomic E-state index is 12.4. The third kappa shape index (κ3) is 4.46. The van der Waals surface area contributed by atoms with E-state index in [-0.39, 0.29) is 11.5 Å². The van der Waals surface area contributed by atoms with Gasteiger partial charge in [-0.15, -0.1) is 0 Å². The van der Waals surface area contributed by atoms with Gasteiger partial charge in [-0.05, 0) is 24.3 Å². The average Bonchev–Trinajstić information content (AvgIpc) is 2.95. The maximum absolute atomic E-state index is 12.4. The van der Waals surface area contributed by atoms with E-state index in [0.717, 1.165) is 0 Å². The standard InChI is InChI=1S/C16H16O5S3/c17-22(13-7-3-1-4-8-13)11-15-16(21-24(19)20-15)12-23(18)14-9-5-2-6-10-14/h1-10,15-16H,11-12H2. The lowest BCUT2D eigenvalue weighted by atomic mass is 10.3. The molecule has 5 nitrogen and oxygen atoms in total. The van der Waals surface area contributed by atoms with E-state index in [4.69, 9.17) is 8.37 Å². The van der Waals surface area contributed by atoms with Crippen LogP contribution >= 0.6 is 0 Å². The van der Waals surface area contributed by atoms with E-state index in [2.05, 4.69) is 0 Å².